The molecule has 3 rings (SSSR count). The molecule has 130 valence electrons. The predicted molar refractivity (Wildman–Crippen MR) is 98.0 cm³/mol. The van der Waals surface area contributed by atoms with Crippen molar-refractivity contribution in [3.63, 3.8) is 0 Å². The van der Waals surface area contributed by atoms with Crippen LogP contribution >= 0.6 is 11.3 Å². The molecule has 0 spiro atoms. The molecule has 0 saturated carbocycles. The number of aryl methyl sites for hydroxylation is 2. The fraction of sp³-hybridized carbons (Fsp3) is 0.444. The Morgan fingerprint density at radius 3 is 2.71 bits per heavy atom. The SMILES string of the molecule is COCCS(=O)(=O)N[C@@H](c1ccc2c(c1)CCCC2)c1cccs1. The second-order valence-electron chi connectivity index (χ2n) is 6.11. The summed E-state index contributed by atoms with van der Waals surface area (Å²) in [4.78, 5) is 1.01. The van der Waals surface area contributed by atoms with Crippen molar-refractivity contribution in [2.75, 3.05) is 19.5 Å². The van der Waals surface area contributed by atoms with Gasteiger partial charge in [0.25, 0.3) is 0 Å². The summed E-state index contributed by atoms with van der Waals surface area (Å²) in [5.74, 6) is -0.0314. The largest absolute Gasteiger partial charge is 0.384 e. The number of hydrogen-bond acceptors (Lipinski definition) is 4. The lowest BCUT2D eigenvalue weighted by molar-refractivity contribution is 0.217. The van der Waals surface area contributed by atoms with Crippen LogP contribution in [0.3, 0.4) is 0 Å². The molecule has 2 aromatic rings. The zero-order valence-electron chi connectivity index (χ0n) is 13.8. The Hall–Kier alpha value is -1.21. The Kier molecular flexibility index (Phi) is 5.71. The standard InChI is InChI=1S/C18H23NO3S2/c1-22-10-12-24(20,21)19-18(17-7-4-11-23-17)16-9-8-14-5-2-3-6-15(14)13-16/h4,7-9,11,13,18-19H,2-3,5-6,10,12H2,1H3/t18-/m0/s1. The van der Waals surface area contributed by atoms with Crippen molar-refractivity contribution in [3.8, 4) is 0 Å². The third-order valence-corrected chi connectivity index (χ3v) is 6.62. The van der Waals surface area contributed by atoms with E-state index in [1.165, 1.54) is 31.1 Å². The average Bonchev–Trinajstić information content (AvgIpc) is 3.12. The maximum Gasteiger partial charge on any atom is 0.214 e. The number of ether oxygens (including phenoxy) is 1. The Morgan fingerprint density at radius 1 is 1.21 bits per heavy atom. The number of rotatable bonds is 7. The summed E-state index contributed by atoms with van der Waals surface area (Å²) in [5, 5.41) is 1.98. The van der Waals surface area contributed by atoms with Crippen molar-refractivity contribution in [1.29, 1.82) is 0 Å². The van der Waals surface area contributed by atoms with E-state index in [1.54, 1.807) is 11.3 Å². The molecule has 1 aromatic heterocycles. The number of fused-ring (bicyclic) bond motifs is 1. The topological polar surface area (TPSA) is 55.4 Å². The lowest BCUT2D eigenvalue weighted by atomic mass is 9.89. The monoisotopic (exact) mass is 365 g/mol. The van der Waals surface area contributed by atoms with E-state index in [9.17, 15) is 8.42 Å². The summed E-state index contributed by atoms with van der Waals surface area (Å²) in [7, 11) is -1.90. The zero-order chi connectivity index (χ0) is 17.0. The molecule has 1 aromatic carbocycles. The van der Waals surface area contributed by atoms with E-state index in [1.807, 2.05) is 17.5 Å². The van der Waals surface area contributed by atoms with Crippen LogP contribution in [0.15, 0.2) is 35.7 Å². The number of thiophene rings is 1. The highest BCUT2D eigenvalue weighted by Crippen LogP contribution is 2.30. The molecular weight excluding hydrogens is 342 g/mol. The van der Waals surface area contributed by atoms with E-state index < -0.39 is 10.0 Å². The van der Waals surface area contributed by atoms with E-state index in [2.05, 4.69) is 22.9 Å². The van der Waals surface area contributed by atoms with Gasteiger partial charge in [-0.1, -0.05) is 24.3 Å². The van der Waals surface area contributed by atoms with Gasteiger partial charge in [-0.2, -0.15) is 0 Å². The molecule has 4 nitrogen and oxygen atoms in total. The van der Waals surface area contributed by atoms with Crippen molar-refractivity contribution in [2.24, 2.45) is 0 Å². The van der Waals surface area contributed by atoms with Gasteiger partial charge in [0.1, 0.15) is 0 Å². The van der Waals surface area contributed by atoms with Gasteiger partial charge in [-0.05, 0) is 53.8 Å². The van der Waals surface area contributed by atoms with Crippen molar-refractivity contribution in [2.45, 2.75) is 31.7 Å². The first-order valence-corrected chi connectivity index (χ1v) is 10.8. The minimum absolute atomic E-state index is 0.0314. The summed E-state index contributed by atoms with van der Waals surface area (Å²) < 4.78 is 32.5. The second-order valence-corrected chi connectivity index (χ2v) is 8.97. The van der Waals surface area contributed by atoms with Gasteiger partial charge in [-0.15, -0.1) is 11.3 Å². The molecule has 0 saturated heterocycles. The molecule has 24 heavy (non-hydrogen) atoms. The first-order chi connectivity index (χ1) is 11.6. The zero-order valence-corrected chi connectivity index (χ0v) is 15.5. The molecule has 0 unspecified atom stereocenters. The fourth-order valence-electron chi connectivity index (χ4n) is 3.11. The van der Waals surface area contributed by atoms with Crippen molar-refractivity contribution < 1.29 is 13.2 Å². The highest BCUT2D eigenvalue weighted by Gasteiger charge is 2.23. The van der Waals surface area contributed by atoms with Crippen LogP contribution in [-0.4, -0.2) is 27.9 Å². The van der Waals surface area contributed by atoms with E-state index in [0.29, 0.717) is 0 Å². The average molecular weight is 366 g/mol. The van der Waals surface area contributed by atoms with Gasteiger partial charge in [0.2, 0.25) is 10.0 Å². The van der Waals surface area contributed by atoms with E-state index in [0.717, 1.165) is 23.3 Å². The minimum atomic E-state index is -3.41. The molecular formula is C18H23NO3S2. The first kappa shape index (κ1) is 17.6. The summed E-state index contributed by atoms with van der Waals surface area (Å²) in [6.45, 7) is 0.191. The maximum absolute atomic E-state index is 12.4. The highest BCUT2D eigenvalue weighted by molar-refractivity contribution is 7.89. The van der Waals surface area contributed by atoms with Gasteiger partial charge in [-0.25, -0.2) is 13.1 Å². The Balaban J connectivity index is 1.91. The number of nitrogens with one attached hydrogen (secondary N) is 1. The van der Waals surface area contributed by atoms with Crippen molar-refractivity contribution >= 4 is 21.4 Å². The normalized spacial score (nSPS) is 15.9. The van der Waals surface area contributed by atoms with Crippen LogP contribution in [0.2, 0.25) is 0 Å². The molecule has 0 bridgehead atoms. The van der Waals surface area contributed by atoms with E-state index >= 15 is 0 Å². The van der Waals surface area contributed by atoms with E-state index in [-0.39, 0.29) is 18.4 Å². The Labute approximate surface area is 147 Å². The molecule has 1 N–H and O–H groups in total. The van der Waals surface area contributed by atoms with Crippen LogP contribution in [0, 0.1) is 0 Å². The Bertz CT molecular complexity index is 770. The number of methoxy groups -OCH3 is 1. The van der Waals surface area contributed by atoms with Gasteiger partial charge >= 0.3 is 0 Å². The fourth-order valence-corrected chi connectivity index (χ4v) is 5.11. The van der Waals surface area contributed by atoms with Crippen molar-refractivity contribution in [1.82, 2.24) is 4.72 Å². The molecule has 1 atom stereocenters. The first-order valence-electron chi connectivity index (χ1n) is 8.23. The van der Waals surface area contributed by atoms with Crippen LogP contribution in [0.4, 0.5) is 0 Å². The van der Waals surface area contributed by atoms with Crippen LogP contribution in [0.1, 0.15) is 40.5 Å². The lowest BCUT2D eigenvalue weighted by Gasteiger charge is -2.22. The molecule has 6 heteroatoms. The Morgan fingerprint density at radius 2 is 2.00 bits per heavy atom. The van der Waals surface area contributed by atoms with Crippen LogP contribution in [0.5, 0.6) is 0 Å². The summed E-state index contributed by atoms with van der Waals surface area (Å²) in [6.07, 6.45) is 4.65. The van der Waals surface area contributed by atoms with Crippen LogP contribution < -0.4 is 4.72 Å². The third kappa shape index (κ3) is 4.25. The molecule has 0 amide bonds. The quantitative estimate of drug-likeness (QED) is 0.819. The smallest absolute Gasteiger partial charge is 0.214 e. The lowest BCUT2D eigenvalue weighted by Crippen LogP contribution is -2.32. The maximum atomic E-state index is 12.4. The number of hydrogen-bond donors (Lipinski definition) is 1. The van der Waals surface area contributed by atoms with Gasteiger partial charge < -0.3 is 4.74 Å². The van der Waals surface area contributed by atoms with Crippen LogP contribution in [-0.2, 0) is 27.6 Å². The van der Waals surface area contributed by atoms with Gasteiger partial charge in [-0.3, -0.25) is 0 Å². The highest BCUT2D eigenvalue weighted by atomic mass is 32.2. The number of sulfonamides is 1. The van der Waals surface area contributed by atoms with E-state index in [4.69, 9.17) is 4.74 Å². The predicted octanol–water partition coefficient (Wildman–Crippen LogP) is 3.28. The van der Waals surface area contributed by atoms with Crippen molar-refractivity contribution in [3.05, 3.63) is 57.3 Å². The molecule has 1 aliphatic carbocycles. The van der Waals surface area contributed by atoms with Gasteiger partial charge in [0.15, 0.2) is 0 Å². The minimum Gasteiger partial charge on any atom is -0.384 e. The summed E-state index contributed by atoms with van der Waals surface area (Å²) in [5.41, 5.74) is 3.77. The molecule has 0 aliphatic heterocycles. The number of benzene rings is 1. The molecule has 1 aliphatic rings. The molecule has 1 heterocycles. The molecule has 0 fully saturated rings. The third-order valence-electron chi connectivity index (χ3n) is 4.39. The second kappa shape index (κ2) is 7.78. The summed E-state index contributed by atoms with van der Waals surface area (Å²) >= 11 is 1.57. The van der Waals surface area contributed by atoms with Crippen LogP contribution in [0.25, 0.3) is 0 Å². The van der Waals surface area contributed by atoms with Gasteiger partial charge in [0, 0.05) is 12.0 Å². The summed E-state index contributed by atoms with van der Waals surface area (Å²) in [6, 6.07) is 10.0. The van der Waals surface area contributed by atoms with Gasteiger partial charge in [0.05, 0.1) is 18.4 Å². The molecule has 0 radical (unpaired) electrons.